The lowest BCUT2D eigenvalue weighted by molar-refractivity contribution is 0.0949. The van der Waals surface area contributed by atoms with E-state index in [0.717, 1.165) is 42.5 Å². The van der Waals surface area contributed by atoms with E-state index in [9.17, 15) is 4.79 Å². The van der Waals surface area contributed by atoms with Gasteiger partial charge in [0, 0.05) is 17.7 Å². The minimum Gasteiger partial charge on any atom is -0.411 e. The van der Waals surface area contributed by atoms with Crippen molar-refractivity contribution in [2.75, 3.05) is 6.54 Å². The van der Waals surface area contributed by atoms with Crippen molar-refractivity contribution in [3.63, 3.8) is 0 Å². The molecule has 0 saturated carbocycles. The van der Waals surface area contributed by atoms with Crippen molar-refractivity contribution in [1.82, 2.24) is 5.32 Å². The molecule has 0 radical (unpaired) electrons. The van der Waals surface area contributed by atoms with Gasteiger partial charge in [-0.25, -0.2) is 0 Å². The van der Waals surface area contributed by atoms with Crippen LogP contribution in [0.1, 0.15) is 61.5 Å². The molecule has 21 heavy (non-hydrogen) atoms. The van der Waals surface area contributed by atoms with Crippen LogP contribution in [0.15, 0.2) is 23.4 Å². The molecule has 1 aliphatic rings. The zero-order chi connectivity index (χ0) is 15.5. The first kappa shape index (κ1) is 15.5. The molecule has 1 aromatic rings. The van der Waals surface area contributed by atoms with Gasteiger partial charge in [0.05, 0.1) is 5.71 Å². The number of carbonyl (C=O) groups is 1. The second-order valence-electron chi connectivity index (χ2n) is 6.84. The van der Waals surface area contributed by atoms with Crippen LogP contribution in [0.5, 0.6) is 0 Å². The molecule has 1 aromatic carbocycles. The molecule has 1 aliphatic carbocycles. The van der Waals surface area contributed by atoms with Gasteiger partial charge in [-0.1, -0.05) is 32.0 Å². The third kappa shape index (κ3) is 4.06. The Hall–Kier alpha value is -1.84. The van der Waals surface area contributed by atoms with Crippen molar-refractivity contribution < 1.29 is 10.0 Å². The molecule has 0 aliphatic heterocycles. The van der Waals surface area contributed by atoms with E-state index in [0.29, 0.717) is 12.1 Å². The Labute approximate surface area is 126 Å². The summed E-state index contributed by atoms with van der Waals surface area (Å²) in [7, 11) is 0. The zero-order valence-electron chi connectivity index (χ0n) is 13.1. The Kier molecular flexibility index (Phi) is 4.66. The van der Waals surface area contributed by atoms with E-state index in [1.54, 1.807) is 0 Å². The van der Waals surface area contributed by atoms with Crippen LogP contribution in [0.3, 0.4) is 0 Å². The third-order valence-corrected chi connectivity index (χ3v) is 3.82. The second-order valence-corrected chi connectivity index (χ2v) is 6.84. The van der Waals surface area contributed by atoms with Gasteiger partial charge in [0.15, 0.2) is 0 Å². The summed E-state index contributed by atoms with van der Waals surface area (Å²) in [6.07, 6.45) is 3.63. The van der Waals surface area contributed by atoms with E-state index in [4.69, 9.17) is 5.21 Å². The predicted molar refractivity (Wildman–Crippen MR) is 84.1 cm³/mol. The standard InChI is InChI=1S/C17H24N2O2/c1-17(2,3)9-10-18-16(20)13-7-8-14-12(11-13)5-4-6-15(14)19-21/h7-8,11,21H,4-6,9-10H2,1-3H3,(H,18,20)/b19-15-. The minimum atomic E-state index is -0.0323. The number of fused-ring (bicyclic) bond motifs is 1. The Bertz CT molecular complexity index is 556. The lowest BCUT2D eigenvalue weighted by Gasteiger charge is -2.19. The summed E-state index contributed by atoms with van der Waals surface area (Å²) in [5.74, 6) is -0.0323. The van der Waals surface area contributed by atoms with Gasteiger partial charge in [0.1, 0.15) is 0 Å². The SMILES string of the molecule is CC(C)(C)CCNC(=O)c1ccc2c(c1)CCC/C2=N/O. The molecule has 4 heteroatoms. The van der Waals surface area contributed by atoms with Gasteiger partial charge in [-0.3, -0.25) is 4.79 Å². The Morgan fingerprint density at radius 1 is 1.33 bits per heavy atom. The number of nitrogens with one attached hydrogen (secondary N) is 1. The van der Waals surface area contributed by atoms with Crippen LogP contribution in [-0.4, -0.2) is 23.4 Å². The van der Waals surface area contributed by atoms with Crippen LogP contribution in [0.4, 0.5) is 0 Å². The van der Waals surface area contributed by atoms with Gasteiger partial charge in [0.25, 0.3) is 5.91 Å². The molecular formula is C17H24N2O2. The number of hydrogen-bond donors (Lipinski definition) is 2. The average Bonchev–Trinajstić information content (AvgIpc) is 2.44. The molecule has 0 atom stereocenters. The number of rotatable bonds is 3. The summed E-state index contributed by atoms with van der Waals surface area (Å²) in [4.78, 5) is 12.2. The topological polar surface area (TPSA) is 61.7 Å². The van der Waals surface area contributed by atoms with Gasteiger partial charge < -0.3 is 10.5 Å². The Morgan fingerprint density at radius 3 is 2.76 bits per heavy atom. The molecule has 0 bridgehead atoms. The molecule has 1 amide bonds. The minimum absolute atomic E-state index is 0.0323. The van der Waals surface area contributed by atoms with E-state index >= 15 is 0 Å². The summed E-state index contributed by atoms with van der Waals surface area (Å²) in [5.41, 5.74) is 3.68. The van der Waals surface area contributed by atoms with E-state index in [1.165, 1.54) is 0 Å². The molecule has 0 saturated heterocycles. The highest BCUT2D eigenvalue weighted by molar-refractivity contribution is 6.03. The van der Waals surface area contributed by atoms with Gasteiger partial charge in [-0.15, -0.1) is 0 Å². The largest absolute Gasteiger partial charge is 0.411 e. The van der Waals surface area contributed by atoms with Crippen molar-refractivity contribution in [2.24, 2.45) is 10.6 Å². The fourth-order valence-corrected chi connectivity index (χ4v) is 2.56. The number of oxime groups is 1. The molecule has 0 unspecified atom stereocenters. The number of benzene rings is 1. The number of aryl methyl sites for hydroxylation is 1. The zero-order valence-corrected chi connectivity index (χ0v) is 13.1. The van der Waals surface area contributed by atoms with Crippen molar-refractivity contribution in [2.45, 2.75) is 46.5 Å². The molecule has 114 valence electrons. The fourth-order valence-electron chi connectivity index (χ4n) is 2.56. The van der Waals surface area contributed by atoms with Gasteiger partial charge in [-0.05, 0) is 48.8 Å². The first-order valence-electron chi connectivity index (χ1n) is 7.53. The molecule has 0 spiro atoms. The molecule has 2 rings (SSSR count). The third-order valence-electron chi connectivity index (χ3n) is 3.82. The van der Waals surface area contributed by atoms with Crippen molar-refractivity contribution >= 4 is 11.6 Å². The van der Waals surface area contributed by atoms with Crippen LogP contribution < -0.4 is 5.32 Å². The van der Waals surface area contributed by atoms with E-state index in [-0.39, 0.29) is 11.3 Å². The van der Waals surface area contributed by atoms with E-state index in [2.05, 4.69) is 31.2 Å². The second kappa shape index (κ2) is 6.29. The molecular weight excluding hydrogens is 264 g/mol. The highest BCUT2D eigenvalue weighted by Crippen LogP contribution is 2.23. The lowest BCUT2D eigenvalue weighted by Crippen LogP contribution is -2.27. The maximum Gasteiger partial charge on any atom is 0.251 e. The normalized spacial score (nSPS) is 16.6. The highest BCUT2D eigenvalue weighted by atomic mass is 16.4. The number of carbonyl (C=O) groups excluding carboxylic acids is 1. The maximum absolute atomic E-state index is 12.2. The summed E-state index contributed by atoms with van der Waals surface area (Å²) in [5, 5.41) is 15.3. The average molecular weight is 288 g/mol. The van der Waals surface area contributed by atoms with Gasteiger partial charge in [-0.2, -0.15) is 0 Å². The Morgan fingerprint density at radius 2 is 2.10 bits per heavy atom. The summed E-state index contributed by atoms with van der Waals surface area (Å²) >= 11 is 0. The van der Waals surface area contributed by atoms with Crippen LogP contribution in [0.2, 0.25) is 0 Å². The quantitative estimate of drug-likeness (QED) is 0.661. The van der Waals surface area contributed by atoms with Gasteiger partial charge in [0.2, 0.25) is 0 Å². The van der Waals surface area contributed by atoms with E-state index in [1.807, 2.05) is 18.2 Å². The highest BCUT2D eigenvalue weighted by Gasteiger charge is 2.18. The number of hydrogen-bond acceptors (Lipinski definition) is 3. The van der Waals surface area contributed by atoms with Crippen molar-refractivity contribution in [1.29, 1.82) is 0 Å². The van der Waals surface area contributed by atoms with E-state index < -0.39 is 0 Å². The van der Waals surface area contributed by atoms with Crippen LogP contribution in [0.25, 0.3) is 0 Å². The first-order valence-corrected chi connectivity index (χ1v) is 7.53. The molecule has 2 N–H and O–H groups in total. The molecule has 0 aromatic heterocycles. The Balaban J connectivity index is 2.06. The summed E-state index contributed by atoms with van der Waals surface area (Å²) in [6.45, 7) is 7.16. The molecule has 0 heterocycles. The monoisotopic (exact) mass is 288 g/mol. The predicted octanol–water partition coefficient (Wildman–Crippen LogP) is 3.37. The van der Waals surface area contributed by atoms with Crippen LogP contribution in [-0.2, 0) is 6.42 Å². The lowest BCUT2D eigenvalue weighted by atomic mass is 9.88. The van der Waals surface area contributed by atoms with Crippen molar-refractivity contribution in [3.8, 4) is 0 Å². The maximum atomic E-state index is 12.2. The molecule has 4 nitrogen and oxygen atoms in total. The smallest absolute Gasteiger partial charge is 0.251 e. The summed E-state index contributed by atoms with van der Waals surface area (Å²) in [6, 6.07) is 5.62. The molecule has 0 fully saturated rings. The van der Waals surface area contributed by atoms with Crippen LogP contribution in [0, 0.1) is 5.41 Å². The first-order chi connectivity index (χ1) is 9.90. The van der Waals surface area contributed by atoms with Crippen LogP contribution >= 0.6 is 0 Å². The van der Waals surface area contributed by atoms with Crippen molar-refractivity contribution in [3.05, 3.63) is 34.9 Å². The number of nitrogens with zero attached hydrogens (tertiary/aromatic N) is 1. The number of amides is 1. The fraction of sp³-hybridized carbons (Fsp3) is 0.529. The van der Waals surface area contributed by atoms with Gasteiger partial charge >= 0.3 is 0 Å². The summed E-state index contributed by atoms with van der Waals surface area (Å²) < 4.78 is 0.